The number of ether oxygens (including phenoxy) is 1. The highest BCUT2D eigenvalue weighted by Crippen LogP contribution is 2.26. The second kappa shape index (κ2) is 11.3. The number of hydrogen-bond acceptors (Lipinski definition) is 4. The number of aryl methyl sites for hydroxylation is 2. The number of nitrogens with one attached hydrogen (secondary N) is 2. The molecular formula is C22H31IN4O3S. The summed E-state index contributed by atoms with van der Waals surface area (Å²) in [7, 11) is -0.300. The molecule has 0 aliphatic carbocycles. The molecule has 2 aromatic rings. The van der Waals surface area contributed by atoms with E-state index in [0.29, 0.717) is 19.7 Å². The summed E-state index contributed by atoms with van der Waals surface area (Å²) in [6.45, 7) is 6.75. The molecule has 1 fully saturated rings. The van der Waals surface area contributed by atoms with E-state index in [9.17, 15) is 8.42 Å². The van der Waals surface area contributed by atoms with Crippen LogP contribution in [0.5, 0.6) is 0 Å². The van der Waals surface area contributed by atoms with E-state index >= 15 is 0 Å². The fourth-order valence-electron chi connectivity index (χ4n) is 3.67. The second-order valence-electron chi connectivity index (χ2n) is 7.42. The molecule has 0 amide bonds. The molecule has 7 nitrogen and oxygen atoms in total. The molecule has 0 bridgehead atoms. The minimum absolute atomic E-state index is 0. The minimum atomic E-state index is -3.47. The van der Waals surface area contributed by atoms with Gasteiger partial charge in [-0.05, 0) is 49.7 Å². The first kappa shape index (κ1) is 25.6. The van der Waals surface area contributed by atoms with E-state index in [1.54, 1.807) is 25.2 Å². The van der Waals surface area contributed by atoms with Gasteiger partial charge >= 0.3 is 0 Å². The largest absolute Gasteiger partial charge is 0.370 e. The summed E-state index contributed by atoms with van der Waals surface area (Å²) in [5, 5.41) is 3.35. The minimum Gasteiger partial charge on any atom is -0.370 e. The Labute approximate surface area is 202 Å². The van der Waals surface area contributed by atoms with Crippen molar-refractivity contribution in [1.29, 1.82) is 0 Å². The maximum Gasteiger partial charge on any atom is 0.240 e. The molecular weight excluding hydrogens is 527 g/mol. The molecule has 1 aliphatic rings. The maximum absolute atomic E-state index is 12.0. The lowest BCUT2D eigenvalue weighted by atomic mass is 10.00. The fourth-order valence-corrected chi connectivity index (χ4v) is 4.47. The Hall–Kier alpha value is -1.69. The smallest absolute Gasteiger partial charge is 0.240 e. The average Bonchev–Trinajstić information content (AvgIpc) is 2.74. The van der Waals surface area contributed by atoms with Crippen LogP contribution in [0.15, 0.2) is 52.4 Å². The van der Waals surface area contributed by atoms with Crippen molar-refractivity contribution in [2.45, 2.75) is 31.4 Å². The zero-order valence-electron chi connectivity index (χ0n) is 18.4. The zero-order valence-corrected chi connectivity index (χ0v) is 21.5. The Kier molecular flexibility index (Phi) is 9.28. The van der Waals surface area contributed by atoms with Crippen molar-refractivity contribution < 1.29 is 13.2 Å². The van der Waals surface area contributed by atoms with Gasteiger partial charge < -0.3 is 15.0 Å². The fraction of sp³-hybridized carbons (Fsp3) is 0.409. The highest BCUT2D eigenvalue weighted by molar-refractivity contribution is 14.0. The quantitative estimate of drug-likeness (QED) is 0.335. The summed E-state index contributed by atoms with van der Waals surface area (Å²) in [6.07, 6.45) is -0.0120. The van der Waals surface area contributed by atoms with Crippen LogP contribution in [0.25, 0.3) is 0 Å². The lowest BCUT2D eigenvalue weighted by molar-refractivity contribution is -0.00834. The lowest BCUT2D eigenvalue weighted by Gasteiger charge is -2.36. The Bertz CT molecular complexity index is 1030. The van der Waals surface area contributed by atoms with Crippen molar-refractivity contribution in [3.63, 3.8) is 0 Å². The lowest BCUT2D eigenvalue weighted by Crippen LogP contribution is -2.48. The SMILES string of the molecule is CN=C(NCc1cccc(S(=O)(=O)NC)c1)N1CCOC(c2ccc(C)cc2C)C1.I. The standard InChI is InChI=1S/C22H30N4O3S.HI/c1-16-8-9-20(17(2)12-16)21-15-26(10-11-29-21)22(23-3)25-14-18-6-5-7-19(13-18)30(27,28)24-4;/h5-9,12-13,21,24H,10-11,14-15H2,1-4H3,(H,23,25);1H. The van der Waals surface area contributed by atoms with E-state index in [4.69, 9.17) is 4.74 Å². The van der Waals surface area contributed by atoms with Gasteiger partial charge in [0.05, 0.1) is 18.0 Å². The molecule has 0 spiro atoms. The van der Waals surface area contributed by atoms with Gasteiger partial charge in [0.25, 0.3) is 0 Å². The van der Waals surface area contributed by atoms with E-state index < -0.39 is 10.0 Å². The third-order valence-corrected chi connectivity index (χ3v) is 6.69. The molecule has 2 aromatic carbocycles. The Morgan fingerprint density at radius 1 is 1.23 bits per heavy atom. The topological polar surface area (TPSA) is 83.0 Å². The first-order chi connectivity index (χ1) is 14.3. The van der Waals surface area contributed by atoms with Gasteiger partial charge in [-0.1, -0.05) is 35.9 Å². The molecule has 0 saturated carbocycles. The van der Waals surface area contributed by atoms with Gasteiger partial charge in [-0.15, -0.1) is 24.0 Å². The van der Waals surface area contributed by atoms with Gasteiger partial charge in [0.1, 0.15) is 6.10 Å². The summed E-state index contributed by atoms with van der Waals surface area (Å²) in [5.74, 6) is 0.773. The number of benzene rings is 2. The Morgan fingerprint density at radius 2 is 2.00 bits per heavy atom. The summed E-state index contributed by atoms with van der Waals surface area (Å²) in [6, 6.07) is 13.3. The molecule has 170 valence electrons. The van der Waals surface area contributed by atoms with Gasteiger partial charge in [-0.3, -0.25) is 4.99 Å². The van der Waals surface area contributed by atoms with E-state index in [2.05, 4.69) is 52.0 Å². The van der Waals surface area contributed by atoms with Crippen molar-refractivity contribution in [3.05, 3.63) is 64.7 Å². The maximum atomic E-state index is 12.0. The van der Waals surface area contributed by atoms with Gasteiger partial charge in [-0.2, -0.15) is 0 Å². The molecule has 31 heavy (non-hydrogen) atoms. The van der Waals surface area contributed by atoms with Gasteiger partial charge in [0.15, 0.2) is 5.96 Å². The van der Waals surface area contributed by atoms with E-state index in [1.165, 1.54) is 23.7 Å². The van der Waals surface area contributed by atoms with Crippen molar-refractivity contribution >= 4 is 40.0 Å². The van der Waals surface area contributed by atoms with Crippen molar-refractivity contribution in [2.75, 3.05) is 33.8 Å². The van der Waals surface area contributed by atoms with Crippen LogP contribution in [0, 0.1) is 13.8 Å². The number of nitrogens with zero attached hydrogens (tertiary/aromatic N) is 2. The number of morpholine rings is 1. The average molecular weight is 558 g/mol. The predicted octanol–water partition coefficient (Wildman–Crippen LogP) is 2.98. The number of hydrogen-bond donors (Lipinski definition) is 2. The molecule has 2 N–H and O–H groups in total. The first-order valence-electron chi connectivity index (χ1n) is 10.0. The van der Waals surface area contributed by atoms with Crippen LogP contribution in [-0.2, 0) is 21.3 Å². The third kappa shape index (κ3) is 6.41. The molecule has 1 unspecified atom stereocenters. The predicted molar refractivity (Wildman–Crippen MR) is 134 cm³/mol. The van der Waals surface area contributed by atoms with Crippen molar-refractivity contribution in [3.8, 4) is 0 Å². The van der Waals surface area contributed by atoms with Crippen LogP contribution in [0.2, 0.25) is 0 Å². The Balaban J connectivity index is 0.00000341. The van der Waals surface area contributed by atoms with Crippen LogP contribution in [0.1, 0.15) is 28.4 Å². The number of sulfonamides is 1. The monoisotopic (exact) mass is 558 g/mol. The van der Waals surface area contributed by atoms with E-state index in [-0.39, 0.29) is 35.0 Å². The summed E-state index contributed by atoms with van der Waals surface area (Å²) in [5.41, 5.74) is 4.54. The number of rotatable bonds is 5. The van der Waals surface area contributed by atoms with Crippen LogP contribution >= 0.6 is 24.0 Å². The van der Waals surface area contributed by atoms with Gasteiger partial charge in [0, 0.05) is 20.1 Å². The molecule has 1 saturated heterocycles. The number of guanidine groups is 1. The molecule has 1 heterocycles. The Morgan fingerprint density at radius 3 is 2.68 bits per heavy atom. The molecule has 1 aliphatic heterocycles. The van der Waals surface area contributed by atoms with Crippen molar-refractivity contribution in [1.82, 2.24) is 14.9 Å². The first-order valence-corrected chi connectivity index (χ1v) is 11.5. The summed E-state index contributed by atoms with van der Waals surface area (Å²) in [4.78, 5) is 6.86. The third-order valence-electron chi connectivity index (χ3n) is 5.28. The van der Waals surface area contributed by atoms with Crippen molar-refractivity contribution in [2.24, 2.45) is 4.99 Å². The van der Waals surface area contributed by atoms with Crippen LogP contribution in [0.3, 0.4) is 0 Å². The van der Waals surface area contributed by atoms with Crippen LogP contribution < -0.4 is 10.0 Å². The number of halogens is 1. The van der Waals surface area contributed by atoms with Crippen LogP contribution in [-0.4, -0.2) is 53.1 Å². The van der Waals surface area contributed by atoms with Crippen LogP contribution in [0.4, 0.5) is 0 Å². The zero-order chi connectivity index (χ0) is 21.7. The molecule has 3 rings (SSSR count). The highest BCUT2D eigenvalue weighted by atomic mass is 127. The van der Waals surface area contributed by atoms with E-state index in [1.807, 2.05) is 6.07 Å². The summed E-state index contributed by atoms with van der Waals surface area (Å²) < 4.78 is 32.5. The molecule has 1 atom stereocenters. The number of aliphatic imine (C=N–C) groups is 1. The highest BCUT2D eigenvalue weighted by Gasteiger charge is 2.25. The molecule has 9 heteroatoms. The normalized spacial score (nSPS) is 17.2. The van der Waals surface area contributed by atoms with Gasteiger partial charge in [0.2, 0.25) is 10.0 Å². The molecule has 0 radical (unpaired) electrons. The van der Waals surface area contributed by atoms with E-state index in [0.717, 1.165) is 18.1 Å². The van der Waals surface area contributed by atoms with Gasteiger partial charge in [-0.25, -0.2) is 13.1 Å². The summed E-state index contributed by atoms with van der Waals surface area (Å²) >= 11 is 0. The second-order valence-corrected chi connectivity index (χ2v) is 9.31. The molecule has 0 aromatic heterocycles.